The third kappa shape index (κ3) is 2.62. The lowest BCUT2D eigenvalue weighted by molar-refractivity contribution is 0.136. The number of aryl methyl sites for hydroxylation is 1. The molecular formula is C17H16FN5O. The van der Waals surface area contributed by atoms with Crippen LogP contribution < -0.4 is 4.90 Å². The van der Waals surface area contributed by atoms with Crippen LogP contribution in [0.15, 0.2) is 47.1 Å². The highest BCUT2D eigenvalue weighted by Gasteiger charge is 2.45. The van der Waals surface area contributed by atoms with Gasteiger partial charge in [-0.15, -0.1) is 0 Å². The van der Waals surface area contributed by atoms with Crippen LogP contribution in [0, 0.1) is 6.92 Å². The molecule has 3 heterocycles. The molecule has 1 atom stereocenters. The van der Waals surface area contributed by atoms with Crippen molar-refractivity contribution in [3.8, 4) is 11.4 Å². The molecule has 1 unspecified atom stereocenters. The zero-order valence-electron chi connectivity index (χ0n) is 13.2. The summed E-state index contributed by atoms with van der Waals surface area (Å²) in [5, 5.41) is 3.92. The van der Waals surface area contributed by atoms with Gasteiger partial charge in [0, 0.05) is 24.7 Å². The van der Waals surface area contributed by atoms with Crippen molar-refractivity contribution in [2.24, 2.45) is 0 Å². The van der Waals surface area contributed by atoms with Gasteiger partial charge in [-0.25, -0.2) is 14.4 Å². The standard InChI is InChI=1S/C17H16FN5O/c1-12-19-9-7-14(20-12)23-10-8-17(18,11-23)16-21-15(22-24-16)13-5-3-2-4-6-13/h2-7,9H,8,10-11H2,1H3. The van der Waals surface area contributed by atoms with E-state index < -0.39 is 5.67 Å². The number of rotatable bonds is 3. The lowest BCUT2D eigenvalue weighted by Crippen LogP contribution is -2.28. The summed E-state index contributed by atoms with van der Waals surface area (Å²) in [7, 11) is 0. The van der Waals surface area contributed by atoms with Gasteiger partial charge < -0.3 is 9.42 Å². The van der Waals surface area contributed by atoms with E-state index in [1.54, 1.807) is 12.3 Å². The fourth-order valence-electron chi connectivity index (χ4n) is 2.87. The Labute approximate surface area is 138 Å². The summed E-state index contributed by atoms with van der Waals surface area (Å²) >= 11 is 0. The van der Waals surface area contributed by atoms with Crippen molar-refractivity contribution in [2.75, 3.05) is 18.0 Å². The number of anilines is 1. The van der Waals surface area contributed by atoms with Gasteiger partial charge in [-0.2, -0.15) is 4.98 Å². The molecule has 2 aromatic heterocycles. The van der Waals surface area contributed by atoms with E-state index in [2.05, 4.69) is 20.1 Å². The Morgan fingerprint density at radius 3 is 2.79 bits per heavy atom. The maximum absolute atomic E-state index is 15.3. The Morgan fingerprint density at radius 1 is 1.17 bits per heavy atom. The van der Waals surface area contributed by atoms with Crippen molar-refractivity contribution >= 4 is 5.82 Å². The van der Waals surface area contributed by atoms with E-state index in [1.165, 1.54) is 0 Å². The summed E-state index contributed by atoms with van der Waals surface area (Å²) in [6, 6.07) is 11.2. The highest BCUT2D eigenvalue weighted by Crippen LogP contribution is 2.37. The molecule has 7 heteroatoms. The van der Waals surface area contributed by atoms with Crippen LogP contribution in [0.2, 0.25) is 0 Å². The average Bonchev–Trinajstić information content (AvgIpc) is 3.24. The summed E-state index contributed by atoms with van der Waals surface area (Å²) in [6.45, 7) is 2.49. The minimum absolute atomic E-state index is 0.0228. The Bertz CT molecular complexity index is 853. The minimum atomic E-state index is -1.67. The zero-order chi connectivity index (χ0) is 16.6. The van der Waals surface area contributed by atoms with Gasteiger partial charge in [0.15, 0.2) is 0 Å². The maximum Gasteiger partial charge on any atom is 0.266 e. The topological polar surface area (TPSA) is 67.9 Å². The van der Waals surface area contributed by atoms with Gasteiger partial charge in [-0.05, 0) is 13.0 Å². The molecule has 0 N–H and O–H groups in total. The molecular weight excluding hydrogens is 309 g/mol. The van der Waals surface area contributed by atoms with E-state index in [0.29, 0.717) is 24.0 Å². The molecule has 0 aliphatic carbocycles. The first-order chi connectivity index (χ1) is 11.6. The fourth-order valence-corrected chi connectivity index (χ4v) is 2.87. The number of halogens is 1. The Kier molecular flexibility index (Phi) is 3.48. The first kappa shape index (κ1) is 14.7. The van der Waals surface area contributed by atoms with Gasteiger partial charge in [0.2, 0.25) is 11.5 Å². The lowest BCUT2D eigenvalue weighted by Gasteiger charge is -2.18. The summed E-state index contributed by atoms with van der Waals surface area (Å²) in [4.78, 5) is 14.6. The number of benzene rings is 1. The highest BCUT2D eigenvalue weighted by molar-refractivity contribution is 5.53. The van der Waals surface area contributed by atoms with Crippen LogP contribution in [-0.4, -0.2) is 33.2 Å². The summed E-state index contributed by atoms with van der Waals surface area (Å²) in [5.41, 5.74) is -0.865. The van der Waals surface area contributed by atoms with Crippen molar-refractivity contribution in [3.63, 3.8) is 0 Å². The first-order valence-electron chi connectivity index (χ1n) is 7.77. The maximum atomic E-state index is 15.3. The molecule has 122 valence electrons. The van der Waals surface area contributed by atoms with E-state index in [-0.39, 0.29) is 18.9 Å². The zero-order valence-corrected chi connectivity index (χ0v) is 13.2. The van der Waals surface area contributed by atoms with Gasteiger partial charge in [0.1, 0.15) is 11.6 Å². The molecule has 0 radical (unpaired) electrons. The van der Waals surface area contributed by atoms with E-state index in [0.717, 1.165) is 5.56 Å². The van der Waals surface area contributed by atoms with Gasteiger partial charge >= 0.3 is 0 Å². The van der Waals surface area contributed by atoms with E-state index in [9.17, 15) is 0 Å². The summed E-state index contributed by atoms with van der Waals surface area (Å²) < 4.78 is 20.5. The largest absolute Gasteiger partial charge is 0.353 e. The van der Waals surface area contributed by atoms with Gasteiger partial charge in [0.05, 0.1) is 6.54 Å². The number of hydrogen-bond acceptors (Lipinski definition) is 6. The molecule has 1 aliphatic rings. The van der Waals surface area contributed by atoms with Crippen molar-refractivity contribution in [1.82, 2.24) is 20.1 Å². The van der Waals surface area contributed by atoms with E-state index in [4.69, 9.17) is 4.52 Å². The smallest absolute Gasteiger partial charge is 0.266 e. The van der Waals surface area contributed by atoms with E-state index >= 15 is 4.39 Å². The first-order valence-corrected chi connectivity index (χ1v) is 7.77. The van der Waals surface area contributed by atoms with Crippen molar-refractivity contribution < 1.29 is 8.91 Å². The fraction of sp³-hybridized carbons (Fsp3) is 0.294. The Balaban J connectivity index is 1.58. The Morgan fingerprint density at radius 2 is 2.00 bits per heavy atom. The Hall–Kier alpha value is -2.83. The molecule has 6 nitrogen and oxygen atoms in total. The van der Waals surface area contributed by atoms with Crippen LogP contribution in [0.4, 0.5) is 10.2 Å². The normalized spacial score (nSPS) is 20.5. The van der Waals surface area contributed by atoms with Crippen molar-refractivity contribution in [1.29, 1.82) is 0 Å². The van der Waals surface area contributed by atoms with Crippen LogP contribution in [0.5, 0.6) is 0 Å². The third-order valence-electron chi connectivity index (χ3n) is 4.15. The number of hydrogen-bond donors (Lipinski definition) is 0. The third-order valence-corrected chi connectivity index (χ3v) is 4.15. The molecule has 0 spiro atoms. The van der Waals surface area contributed by atoms with Crippen LogP contribution in [-0.2, 0) is 5.67 Å². The molecule has 24 heavy (non-hydrogen) atoms. The van der Waals surface area contributed by atoms with Crippen molar-refractivity contribution in [2.45, 2.75) is 19.0 Å². The van der Waals surface area contributed by atoms with Gasteiger partial charge in [-0.3, -0.25) is 0 Å². The van der Waals surface area contributed by atoms with Crippen LogP contribution >= 0.6 is 0 Å². The molecule has 4 rings (SSSR count). The molecule has 0 amide bonds. The summed E-state index contributed by atoms with van der Waals surface area (Å²) in [6.07, 6.45) is 1.96. The predicted octanol–water partition coefficient (Wildman–Crippen LogP) is 2.91. The minimum Gasteiger partial charge on any atom is -0.353 e. The van der Waals surface area contributed by atoms with Crippen molar-refractivity contribution in [3.05, 3.63) is 54.3 Å². The SMILES string of the molecule is Cc1nccc(N2CCC(F)(c3nc(-c4ccccc4)no3)C2)n1. The van der Waals surface area contributed by atoms with Crippen LogP contribution in [0.1, 0.15) is 18.1 Å². The highest BCUT2D eigenvalue weighted by atomic mass is 19.1. The quantitative estimate of drug-likeness (QED) is 0.737. The number of alkyl halides is 1. The average molecular weight is 325 g/mol. The van der Waals surface area contributed by atoms with E-state index in [1.807, 2.05) is 42.2 Å². The second-order valence-corrected chi connectivity index (χ2v) is 5.89. The molecule has 3 aromatic rings. The van der Waals surface area contributed by atoms with Crippen LogP contribution in [0.25, 0.3) is 11.4 Å². The van der Waals surface area contributed by atoms with Gasteiger partial charge in [-0.1, -0.05) is 35.5 Å². The molecule has 1 aromatic carbocycles. The monoisotopic (exact) mass is 325 g/mol. The number of aromatic nitrogens is 4. The second kappa shape index (κ2) is 5.67. The number of nitrogens with zero attached hydrogens (tertiary/aromatic N) is 5. The molecule has 1 fully saturated rings. The molecule has 1 aliphatic heterocycles. The molecule has 1 saturated heterocycles. The molecule has 0 saturated carbocycles. The van der Waals surface area contributed by atoms with Crippen LogP contribution in [0.3, 0.4) is 0 Å². The lowest BCUT2D eigenvalue weighted by atomic mass is 10.1. The van der Waals surface area contributed by atoms with Gasteiger partial charge in [0.25, 0.3) is 5.89 Å². The molecule has 0 bridgehead atoms. The summed E-state index contributed by atoms with van der Waals surface area (Å²) in [5.74, 6) is 1.80. The predicted molar refractivity (Wildman–Crippen MR) is 86.1 cm³/mol. The second-order valence-electron chi connectivity index (χ2n) is 5.89.